The monoisotopic (exact) mass is 1900 g/mol. The number of pyridine rings is 7. The minimum Gasteiger partial charge on any atom is -0.481 e. The Morgan fingerprint density at radius 3 is 1.03 bits per heavy atom. The lowest BCUT2D eigenvalue weighted by Gasteiger charge is -2.06. The van der Waals surface area contributed by atoms with Gasteiger partial charge in [0.25, 0.3) is 0 Å². The number of aromatic nitrogens is 13. The molecule has 0 spiro atoms. The van der Waals surface area contributed by atoms with E-state index in [-0.39, 0.29) is 59.8 Å². The molecular weight excluding hydrogens is 1810 g/mol. The number of nitrogen functional groups attached to an aromatic ring is 1. The van der Waals surface area contributed by atoms with Gasteiger partial charge in [-0.25, -0.2) is 25.8 Å². The zero-order valence-corrected chi connectivity index (χ0v) is 78.8. The Bertz CT molecular complexity index is 6510. The summed E-state index contributed by atoms with van der Waals surface area (Å²) in [6.45, 7) is 8.02. The second-order valence-corrected chi connectivity index (χ2v) is 33.7. The highest BCUT2D eigenvalue weighted by Gasteiger charge is 2.15. The molecule has 0 radical (unpaired) electrons. The highest BCUT2D eigenvalue weighted by Crippen LogP contribution is 2.22. The van der Waals surface area contributed by atoms with Crippen LogP contribution in [0, 0.1) is 74.5 Å². The molecule has 0 saturated heterocycles. The van der Waals surface area contributed by atoms with E-state index in [0.29, 0.717) is 114 Å². The molecule has 0 aliphatic carbocycles. The number of thiocarbonyl (C=S) groups is 1. The summed E-state index contributed by atoms with van der Waals surface area (Å²) in [4.78, 5) is 112. The van der Waals surface area contributed by atoms with Gasteiger partial charge in [0.05, 0.1) is 56.7 Å². The predicted molar refractivity (Wildman–Crippen MR) is 537 cm³/mol. The first kappa shape index (κ1) is 104. The number of carbonyl (C=O) groups is 7. The van der Waals surface area contributed by atoms with Crippen molar-refractivity contribution in [2.75, 3.05) is 37.6 Å². The lowest BCUT2D eigenvalue weighted by atomic mass is 10.1. The molecule has 0 fully saturated rings. The SMILES string of the molecule is Cc1cccc(CC(=O)Nc2ccc(C#CCCC#N)cn2)c1.Cc1cccc(CC(=O)Nc2ccc(C#CCCc3nnc(N)s3)cn2)c1.Cc1cccc(CC(=O)Nc2ccc(C#CCCc3nnc(NC(=O)Cc4ccccn4)s3)cn2)c1.Cc1cccc(CC(=O)Nc2ccc(CCCCc3nnc(NC(=O)Cc4ccccn4)s3)cn2)c1.NNC(N)=S.O=C(O)Cc1ccccn1. The van der Waals surface area contributed by atoms with Gasteiger partial charge in [-0.1, -0.05) is 213 Å². The van der Waals surface area contributed by atoms with Gasteiger partial charge < -0.3 is 53.9 Å². The van der Waals surface area contributed by atoms with E-state index in [1.807, 2.05) is 191 Å². The summed E-state index contributed by atoms with van der Waals surface area (Å²) in [6.07, 6.45) is 20.5. The lowest BCUT2D eigenvalue weighted by Crippen LogP contribution is -2.34. The number of nitriles is 1. The first-order chi connectivity index (χ1) is 66.4. The molecule has 14 N–H and O–H groups in total. The van der Waals surface area contributed by atoms with Crippen LogP contribution in [0.25, 0.3) is 0 Å². The van der Waals surface area contributed by atoms with Gasteiger partial charge in [0.2, 0.25) is 50.8 Å². The second kappa shape index (κ2) is 58.4. The maximum Gasteiger partial charge on any atom is 0.309 e. The second-order valence-electron chi connectivity index (χ2n) is 30.0. The number of aliphatic carboxylic acids is 1. The molecular formula is C101H100N24O8S4. The standard InChI is InChI=1S/C27H28N6O2S.C27H24N6O2S.C20H19N5OS.C19H17N3O.C7H7NO2.CH5N3S/c2*1-19-7-6-9-21(15-19)16-24(34)30-23-13-12-20(18-29-23)8-2-3-11-26-32-33-27(36-26)31-25(35)17-22-10-4-5-14-28-22;1-14-5-4-7-16(11-14)12-18(26)23-17-10-9-15(13-22-17)6-2-3-8-19-24-25-20(21)27-19;1-15-6-5-8-17(12-15)13-19(23)22-18-10-9-16(14-21-18)7-3-2-4-11-20;9-7(10)5-6-3-1-2-4-8-6;2-1(5)4-3/h4-7,9-10,12-15,18H,2-3,8,11,16-17H2,1H3,(H,29,30,34)(H,31,33,35);4-7,9-10,12-15,18H,3,11,16-17H2,1H3,(H,29,30,34)(H,31,33,35);4-5,7,9-11,13H,3,8,12H2,1H3,(H2,21,25)(H,22,23,26);5-6,8-10,12,14H,2,4,13H2,1H3,(H,21,22,23);1-4H,5H2,(H,9,10);3H2,(H3,2,4,5). The first-order valence-electron chi connectivity index (χ1n) is 43.0. The third-order valence-corrected chi connectivity index (χ3v) is 21.0. The number of rotatable bonds is 30. The molecule has 32 nitrogen and oxygen atoms in total. The van der Waals surface area contributed by atoms with Gasteiger partial charge in [-0.3, -0.25) is 48.5 Å². The van der Waals surface area contributed by atoms with E-state index in [2.05, 4.69) is 151 Å². The molecule has 137 heavy (non-hydrogen) atoms. The normalized spacial score (nSPS) is 9.99. The Kier molecular flexibility index (Phi) is 44.4. The molecule has 0 atom stereocenters. The van der Waals surface area contributed by atoms with Crippen molar-refractivity contribution in [3.8, 4) is 41.6 Å². The minimum atomic E-state index is -0.848. The molecule has 4 aromatic carbocycles. The molecule has 0 unspecified atom stereocenters. The van der Waals surface area contributed by atoms with Gasteiger partial charge in [-0.15, -0.1) is 30.6 Å². The first-order valence-corrected chi connectivity index (χ1v) is 45.8. The zero-order valence-electron chi connectivity index (χ0n) is 75.5. The summed E-state index contributed by atoms with van der Waals surface area (Å²) in [7, 11) is 0. The molecule has 696 valence electrons. The smallest absolute Gasteiger partial charge is 0.309 e. The maximum absolute atomic E-state index is 12.3. The van der Waals surface area contributed by atoms with Crippen LogP contribution < -0.4 is 54.6 Å². The van der Waals surface area contributed by atoms with E-state index in [0.717, 1.165) is 114 Å². The summed E-state index contributed by atoms with van der Waals surface area (Å²) in [5.41, 5.74) is 26.2. The van der Waals surface area contributed by atoms with E-state index in [9.17, 15) is 33.6 Å². The molecule has 0 aliphatic heterocycles. The molecule has 14 rings (SSSR count). The predicted octanol–water partition coefficient (Wildman–Crippen LogP) is 14.2. The average molecular weight is 1910 g/mol. The number of hydrogen-bond donors (Lipinski definition) is 11. The van der Waals surface area contributed by atoms with Crippen molar-refractivity contribution in [2.45, 2.75) is 137 Å². The van der Waals surface area contributed by atoms with Crippen LogP contribution in [0.3, 0.4) is 0 Å². The van der Waals surface area contributed by atoms with Gasteiger partial charge >= 0.3 is 5.97 Å². The number of hydrogen-bond acceptors (Lipinski definition) is 27. The third-order valence-electron chi connectivity index (χ3n) is 18.3. The molecule has 6 amide bonds. The highest BCUT2D eigenvalue weighted by molar-refractivity contribution is 7.80. The molecule has 14 aromatic rings. The number of benzene rings is 4. The Morgan fingerprint density at radius 2 is 0.708 bits per heavy atom. The number of nitrogens with zero attached hydrogens (tertiary/aromatic N) is 14. The van der Waals surface area contributed by atoms with Gasteiger partial charge in [0.15, 0.2) is 5.11 Å². The summed E-state index contributed by atoms with van der Waals surface area (Å²) < 4.78 is 0. The van der Waals surface area contributed by atoms with Crippen LogP contribution in [-0.4, -0.2) is 117 Å². The number of hydrazine groups is 1. The molecule has 0 aliphatic rings. The molecule has 0 saturated carbocycles. The van der Waals surface area contributed by atoms with E-state index in [1.54, 1.807) is 91.8 Å². The van der Waals surface area contributed by atoms with Crippen molar-refractivity contribution in [1.29, 1.82) is 5.26 Å². The Morgan fingerprint density at radius 1 is 0.365 bits per heavy atom. The number of nitrogens with two attached hydrogens (primary N) is 3. The number of nitrogens with one attached hydrogen (secondary N) is 7. The quantitative estimate of drug-likeness (QED) is 0.00655. The van der Waals surface area contributed by atoms with E-state index >= 15 is 0 Å². The van der Waals surface area contributed by atoms with E-state index < -0.39 is 5.97 Å². The molecule has 36 heteroatoms. The Hall–Kier alpha value is -16.5. The zero-order chi connectivity index (χ0) is 97.6. The molecule has 10 heterocycles. The number of unbranched alkanes of at least 4 members (excludes halogenated alkanes) is 2. The highest BCUT2D eigenvalue weighted by atomic mass is 32.1. The van der Waals surface area contributed by atoms with Crippen LogP contribution in [0.15, 0.2) is 244 Å². The van der Waals surface area contributed by atoms with Crippen molar-refractivity contribution < 1.29 is 38.7 Å². The van der Waals surface area contributed by atoms with Crippen LogP contribution >= 0.6 is 46.2 Å². The van der Waals surface area contributed by atoms with E-state index in [4.69, 9.17) is 21.8 Å². The van der Waals surface area contributed by atoms with E-state index in [1.165, 1.54) is 34.0 Å². The third kappa shape index (κ3) is 43.2. The van der Waals surface area contributed by atoms with Gasteiger partial charge in [0, 0.05) is 116 Å². The number of amides is 6. The summed E-state index contributed by atoms with van der Waals surface area (Å²) in [5, 5.41) is 61.8. The minimum absolute atomic E-state index is 0.000833. The maximum atomic E-state index is 12.3. The number of carbonyl (C=O) groups excluding carboxylic acids is 6. The topological polar surface area (TPSA) is 493 Å². The van der Waals surface area contributed by atoms with Gasteiger partial charge in [0.1, 0.15) is 38.3 Å². The van der Waals surface area contributed by atoms with Crippen LogP contribution in [0.5, 0.6) is 0 Å². The number of aryl methyl sites for hydroxylation is 8. The molecule has 10 aromatic heterocycles. The summed E-state index contributed by atoms with van der Waals surface area (Å²) in [5.74, 6) is 23.3. The summed E-state index contributed by atoms with van der Waals surface area (Å²) in [6, 6.07) is 64.3. The number of carboxylic acids is 1. The molecule has 0 bridgehead atoms. The van der Waals surface area contributed by atoms with Crippen LogP contribution in [0.2, 0.25) is 0 Å². The van der Waals surface area contributed by atoms with Crippen molar-refractivity contribution in [3.05, 3.63) is 342 Å². The van der Waals surface area contributed by atoms with Crippen molar-refractivity contribution in [3.63, 3.8) is 0 Å². The fraction of sp³-hybridized carbons (Fsp3) is 0.208. The largest absolute Gasteiger partial charge is 0.481 e. The van der Waals surface area contributed by atoms with Gasteiger partial charge in [-0.2, -0.15) is 5.26 Å². The fourth-order valence-corrected chi connectivity index (χ4v) is 14.3. The van der Waals surface area contributed by atoms with Gasteiger partial charge in [-0.05, 0) is 166 Å². The Balaban J connectivity index is 0.000000197. The van der Waals surface area contributed by atoms with Crippen molar-refractivity contribution in [2.24, 2.45) is 11.6 Å². The lowest BCUT2D eigenvalue weighted by molar-refractivity contribution is -0.136. The number of carboxylic acid groups (broad SMARTS) is 1. The van der Waals surface area contributed by atoms with Crippen LogP contribution in [0.1, 0.15) is 137 Å². The fourth-order valence-electron chi connectivity index (χ4n) is 12.1. The number of anilines is 7. The Labute approximate surface area is 811 Å². The van der Waals surface area contributed by atoms with Crippen LogP contribution in [0.4, 0.5) is 38.7 Å². The summed E-state index contributed by atoms with van der Waals surface area (Å²) >= 11 is 8.35. The van der Waals surface area contributed by atoms with Crippen LogP contribution in [-0.2, 0) is 104 Å². The van der Waals surface area contributed by atoms with Crippen molar-refractivity contribution in [1.82, 2.24) is 70.9 Å². The average Bonchev–Trinajstić information content (AvgIpc) is 1.39. The van der Waals surface area contributed by atoms with Crippen molar-refractivity contribution >= 4 is 131 Å².